The summed E-state index contributed by atoms with van der Waals surface area (Å²) in [5.74, 6) is -1.76. The van der Waals surface area contributed by atoms with Gasteiger partial charge in [-0.2, -0.15) is 13.2 Å². The summed E-state index contributed by atoms with van der Waals surface area (Å²) in [7, 11) is 0. The first-order chi connectivity index (χ1) is 10.7. The van der Waals surface area contributed by atoms with Crippen LogP contribution in [-0.4, -0.2) is 16.1 Å². The molecule has 2 aromatic rings. The molecule has 1 atom stereocenters. The third-order valence-corrected chi connectivity index (χ3v) is 5.36. The number of fused-ring (bicyclic) bond motifs is 1. The Balaban J connectivity index is 2.13. The van der Waals surface area contributed by atoms with Crippen molar-refractivity contribution in [1.29, 1.82) is 0 Å². The number of nitrogen functional groups attached to an aromatic ring is 1. The minimum absolute atomic E-state index is 0.0240. The zero-order chi connectivity index (χ0) is 16.9. The summed E-state index contributed by atoms with van der Waals surface area (Å²) in [6.07, 6.45) is -1.87. The minimum Gasteiger partial charge on any atom is -0.369 e. The van der Waals surface area contributed by atoms with E-state index in [0.29, 0.717) is 26.2 Å². The molecule has 3 N–H and O–H groups in total. The number of anilines is 1. The molecule has 2 heterocycles. The van der Waals surface area contributed by atoms with Crippen LogP contribution in [0.25, 0.3) is 15.8 Å². The van der Waals surface area contributed by atoms with Crippen molar-refractivity contribution in [3.63, 3.8) is 0 Å². The lowest BCUT2D eigenvalue weighted by molar-refractivity contribution is -0.161. The van der Waals surface area contributed by atoms with Crippen LogP contribution in [0.15, 0.2) is 22.0 Å². The molecule has 0 fully saturated rings. The summed E-state index contributed by atoms with van der Waals surface area (Å²) in [5.41, 5.74) is 6.19. The van der Waals surface area contributed by atoms with E-state index in [-0.39, 0.29) is 17.4 Å². The van der Waals surface area contributed by atoms with Crippen LogP contribution in [0.5, 0.6) is 0 Å². The molecular formula is C14H11ClF3N3OS. The maximum atomic E-state index is 13.1. The molecule has 1 aliphatic rings. The van der Waals surface area contributed by atoms with Gasteiger partial charge < -0.3 is 5.73 Å². The highest BCUT2D eigenvalue weighted by atomic mass is 35.5. The number of aromatic nitrogens is 2. The molecule has 2 aromatic heterocycles. The molecule has 0 saturated carbocycles. The number of nitrogens with one attached hydrogen (secondary N) is 1. The number of aromatic amines is 1. The van der Waals surface area contributed by atoms with Crippen LogP contribution >= 0.6 is 22.9 Å². The summed E-state index contributed by atoms with van der Waals surface area (Å²) < 4.78 is 39.2. The van der Waals surface area contributed by atoms with Gasteiger partial charge in [0.1, 0.15) is 4.83 Å². The average molecular weight is 362 g/mol. The largest absolute Gasteiger partial charge is 0.396 e. The lowest BCUT2D eigenvalue weighted by Gasteiger charge is -2.23. The molecule has 0 radical (unpaired) electrons. The van der Waals surface area contributed by atoms with Gasteiger partial charge in [0.2, 0.25) is 5.95 Å². The van der Waals surface area contributed by atoms with Gasteiger partial charge in [-0.1, -0.05) is 17.7 Å². The number of alkyl halides is 3. The number of H-pyrrole nitrogens is 1. The smallest absolute Gasteiger partial charge is 0.369 e. The fraction of sp³-hybridized carbons (Fsp3) is 0.286. The summed E-state index contributed by atoms with van der Waals surface area (Å²) in [6, 6.07) is 0. The predicted molar refractivity (Wildman–Crippen MR) is 85.5 cm³/mol. The Morgan fingerprint density at radius 3 is 2.78 bits per heavy atom. The fourth-order valence-electron chi connectivity index (χ4n) is 2.59. The van der Waals surface area contributed by atoms with Gasteiger partial charge in [0.25, 0.3) is 5.56 Å². The van der Waals surface area contributed by atoms with Crippen LogP contribution in [0.1, 0.15) is 16.9 Å². The number of thiophene rings is 1. The molecule has 9 heteroatoms. The van der Waals surface area contributed by atoms with Crippen LogP contribution < -0.4 is 11.3 Å². The molecule has 3 rings (SSSR count). The van der Waals surface area contributed by atoms with Crippen molar-refractivity contribution in [2.24, 2.45) is 5.92 Å². The highest BCUT2D eigenvalue weighted by molar-refractivity contribution is 7.19. The molecule has 122 valence electrons. The Labute approximate surface area is 137 Å². The quantitative estimate of drug-likeness (QED) is 0.807. The SMILES string of the molecule is Cc1c(C2=CC=C(Cl)C(C(F)(F)F)C2)sc2nc(N)[nH]c(=O)c12. The van der Waals surface area contributed by atoms with Crippen LogP contribution in [0.4, 0.5) is 19.1 Å². The van der Waals surface area contributed by atoms with Crippen molar-refractivity contribution >= 4 is 44.7 Å². The maximum absolute atomic E-state index is 13.1. The molecule has 4 nitrogen and oxygen atoms in total. The summed E-state index contributed by atoms with van der Waals surface area (Å²) in [6.45, 7) is 1.69. The Morgan fingerprint density at radius 1 is 1.43 bits per heavy atom. The van der Waals surface area contributed by atoms with Gasteiger partial charge in [-0.05, 0) is 30.6 Å². The molecule has 23 heavy (non-hydrogen) atoms. The van der Waals surface area contributed by atoms with Crippen LogP contribution in [0, 0.1) is 12.8 Å². The van der Waals surface area contributed by atoms with E-state index in [0.717, 1.165) is 11.3 Å². The van der Waals surface area contributed by atoms with Gasteiger partial charge in [0.15, 0.2) is 0 Å². The fourth-order valence-corrected chi connectivity index (χ4v) is 4.08. The van der Waals surface area contributed by atoms with E-state index in [1.807, 2.05) is 0 Å². The second-order valence-corrected chi connectivity index (χ2v) is 6.66. The lowest BCUT2D eigenvalue weighted by atomic mass is 9.91. The number of rotatable bonds is 1. The molecule has 1 aliphatic carbocycles. The second kappa shape index (κ2) is 5.38. The molecule has 0 bridgehead atoms. The van der Waals surface area contributed by atoms with E-state index in [1.165, 1.54) is 6.08 Å². The Kier molecular flexibility index (Phi) is 3.76. The highest BCUT2D eigenvalue weighted by Gasteiger charge is 2.43. The molecule has 0 saturated heterocycles. The molecule has 0 aromatic carbocycles. The third kappa shape index (κ3) is 2.76. The van der Waals surface area contributed by atoms with E-state index in [2.05, 4.69) is 9.97 Å². The first kappa shape index (κ1) is 16.1. The zero-order valence-corrected chi connectivity index (χ0v) is 13.4. The van der Waals surface area contributed by atoms with E-state index >= 15 is 0 Å². The summed E-state index contributed by atoms with van der Waals surface area (Å²) in [5, 5.41) is 0.115. The average Bonchev–Trinajstić information content (AvgIpc) is 2.75. The van der Waals surface area contributed by atoms with Gasteiger partial charge in [-0.3, -0.25) is 9.78 Å². The van der Waals surface area contributed by atoms with Gasteiger partial charge in [-0.15, -0.1) is 11.3 Å². The van der Waals surface area contributed by atoms with Gasteiger partial charge >= 0.3 is 6.18 Å². The van der Waals surface area contributed by atoms with Crippen LogP contribution in [0.2, 0.25) is 0 Å². The number of hydrogen-bond donors (Lipinski definition) is 2. The van der Waals surface area contributed by atoms with E-state index in [1.54, 1.807) is 13.0 Å². The van der Waals surface area contributed by atoms with E-state index < -0.39 is 17.7 Å². The van der Waals surface area contributed by atoms with Gasteiger partial charge in [-0.25, -0.2) is 4.98 Å². The molecule has 0 spiro atoms. The van der Waals surface area contributed by atoms with E-state index in [4.69, 9.17) is 17.3 Å². The number of allylic oxidation sites excluding steroid dienone is 4. The summed E-state index contributed by atoms with van der Waals surface area (Å²) in [4.78, 5) is 19.4. The van der Waals surface area contributed by atoms with Gasteiger partial charge in [0, 0.05) is 9.91 Å². The number of hydrogen-bond acceptors (Lipinski definition) is 4. The summed E-state index contributed by atoms with van der Waals surface area (Å²) >= 11 is 6.85. The number of nitrogens with zero attached hydrogens (tertiary/aromatic N) is 1. The Morgan fingerprint density at radius 2 is 2.13 bits per heavy atom. The second-order valence-electron chi connectivity index (χ2n) is 5.23. The Bertz CT molecular complexity index is 910. The van der Waals surface area contributed by atoms with Gasteiger partial charge in [0.05, 0.1) is 11.3 Å². The zero-order valence-electron chi connectivity index (χ0n) is 11.8. The first-order valence-corrected chi connectivity index (χ1v) is 7.80. The topological polar surface area (TPSA) is 71.8 Å². The third-order valence-electron chi connectivity index (χ3n) is 3.71. The van der Waals surface area contributed by atoms with Crippen molar-refractivity contribution in [3.05, 3.63) is 38.0 Å². The highest BCUT2D eigenvalue weighted by Crippen LogP contribution is 2.45. The van der Waals surface area contributed by atoms with Crippen LogP contribution in [0.3, 0.4) is 0 Å². The van der Waals surface area contributed by atoms with Crippen molar-refractivity contribution in [2.45, 2.75) is 19.5 Å². The predicted octanol–water partition coefficient (Wildman–Crippen LogP) is 3.96. The van der Waals surface area contributed by atoms with E-state index in [9.17, 15) is 18.0 Å². The lowest BCUT2D eigenvalue weighted by Crippen LogP contribution is -2.24. The number of aryl methyl sites for hydroxylation is 1. The Hall–Kier alpha value is -1.80. The first-order valence-electron chi connectivity index (χ1n) is 6.60. The molecule has 0 aliphatic heterocycles. The molecule has 1 unspecified atom stereocenters. The molecular weight excluding hydrogens is 351 g/mol. The van der Waals surface area contributed by atoms with Crippen molar-refractivity contribution in [2.75, 3.05) is 5.73 Å². The normalized spacial score (nSPS) is 18.9. The molecule has 0 amide bonds. The van der Waals surface area contributed by atoms with Crippen molar-refractivity contribution in [3.8, 4) is 0 Å². The number of nitrogens with two attached hydrogens (primary N) is 1. The van der Waals surface area contributed by atoms with Crippen LogP contribution in [-0.2, 0) is 0 Å². The van der Waals surface area contributed by atoms with Crippen molar-refractivity contribution in [1.82, 2.24) is 9.97 Å². The van der Waals surface area contributed by atoms with Crippen molar-refractivity contribution < 1.29 is 13.2 Å². The number of halogens is 4. The minimum atomic E-state index is -4.42. The maximum Gasteiger partial charge on any atom is 0.396 e. The monoisotopic (exact) mass is 361 g/mol. The standard InChI is InChI=1S/C14H11ClF3N3OS/c1-5-9-11(22)20-13(19)21-12(9)23-10(5)6-2-3-8(15)7(4-6)14(16,17)18/h2-3,7H,4H2,1H3,(H3,19,20,21,22).